The Kier molecular flexibility index (Phi) is 6.29. The Balaban J connectivity index is 1.54. The van der Waals surface area contributed by atoms with Gasteiger partial charge in [-0.1, -0.05) is 6.07 Å². The zero-order valence-corrected chi connectivity index (χ0v) is 16.1. The van der Waals surface area contributed by atoms with Crippen molar-refractivity contribution in [1.29, 1.82) is 0 Å². The molecule has 1 heterocycles. The fraction of sp³-hybridized carbons (Fsp3) is 0.611. The summed E-state index contributed by atoms with van der Waals surface area (Å²) in [6.45, 7) is 3.19. The van der Waals surface area contributed by atoms with E-state index in [4.69, 9.17) is 4.74 Å². The third-order valence-corrected chi connectivity index (χ3v) is 6.93. The molecule has 1 saturated heterocycles. The highest BCUT2D eigenvalue weighted by Crippen LogP contribution is 2.26. The second-order valence-corrected chi connectivity index (χ2v) is 8.74. The van der Waals surface area contributed by atoms with Crippen molar-refractivity contribution in [2.75, 3.05) is 53.0 Å². The zero-order chi connectivity index (χ0) is 18.6. The van der Waals surface area contributed by atoms with Crippen LogP contribution in [-0.4, -0.2) is 76.5 Å². The van der Waals surface area contributed by atoms with E-state index in [0.717, 1.165) is 24.8 Å². The molecule has 0 bridgehead atoms. The van der Waals surface area contributed by atoms with Crippen molar-refractivity contribution in [3.8, 4) is 0 Å². The van der Waals surface area contributed by atoms with Crippen molar-refractivity contribution in [2.45, 2.75) is 24.2 Å². The standard InChI is InChI=1S/C18H27N3O4S/c1-25-12-7-19-18(22)14-20-8-10-21(11-9-20)26(23,24)17-6-5-15-3-2-4-16(15)13-17/h5-6,13H,2-4,7-12,14H2,1H3,(H,19,22). The highest BCUT2D eigenvalue weighted by atomic mass is 32.2. The number of nitrogens with zero attached hydrogens (tertiary/aromatic N) is 2. The molecule has 7 nitrogen and oxygen atoms in total. The number of hydrogen-bond acceptors (Lipinski definition) is 5. The highest BCUT2D eigenvalue weighted by molar-refractivity contribution is 7.89. The number of carbonyl (C=O) groups is 1. The van der Waals surface area contributed by atoms with E-state index in [9.17, 15) is 13.2 Å². The number of aryl methyl sites for hydroxylation is 2. The van der Waals surface area contributed by atoms with Crippen molar-refractivity contribution in [1.82, 2.24) is 14.5 Å². The van der Waals surface area contributed by atoms with E-state index in [1.807, 2.05) is 17.0 Å². The van der Waals surface area contributed by atoms with Gasteiger partial charge in [0.25, 0.3) is 0 Å². The second kappa shape index (κ2) is 8.47. The van der Waals surface area contributed by atoms with Gasteiger partial charge >= 0.3 is 0 Å². The van der Waals surface area contributed by atoms with Gasteiger partial charge in [-0.2, -0.15) is 4.31 Å². The quantitative estimate of drug-likeness (QED) is 0.685. The van der Waals surface area contributed by atoms with Gasteiger partial charge in [-0.05, 0) is 42.5 Å². The van der Waals surface area contributed by atoms with Crippen LogP contribution < -0.4 is 5.32 Å². The van der Waals surface area contributed by atoms with E-state index in [1.165, 1.54) is 9.87 Å². The molecule has 0 spiro atoms. The number of amides is 1. The van der Waals surface area contributed by atoms with Crippen molar-refractivity contribution >= 4 is 15.9 Å². The number of nitrogens with one attached hydrogen (secondary N) is 1. The normalized spacial score (nSPS) is 18.7. The maximum atomic E-state index is 12.9. The smallest absolute Gasteiger partial charge is 0.243 e. The molecule has 0 saturated carbocycles. The molecule has 3 rings (SSSR count). The molecule has 1 aliphatic carbocycles. The number of rotatable bonds is 7. The van der Waals surface area contributed by atoms with Crippen molar-refractivity contribution in [3.05, 3.63) is 29.3 Å². The van der Waals surface area contributed by atoms with E-state index >= 15 is 0 Å². The highest BCUT2D eigenvalue weighted by Gasteiger charge is 2.29. The molecule has 1 amide bonds. The van der Waals surface area contributed by atoms with Gasteiger partial charge in [-0.3, -0.25) is 9.69 Å². The first kappa shape index (κ1) is 19.3. The number of fused-ring (bicyclic) bond motifs is 1. The first-order valence-corrected chi connectivity index (χ1v) is 10.5. The Bertz CT molecular complexity index is 743. The van der Waals surface area contributed by atoms with Gasteiger partial charge in [0.05, 0.1) is 18.0 Å². The Labute approximate surface area is 155 Å². The van der Waals surface area contributed by atoms with E-state index in [2.05, 4.69) is 5.32 Å². The molecule has 1 aromatic rings. The van der Waals surface area contributed by atoms with Crippen LogP contribution in [0.1, 0.15) is 17.5 Å². The molecule has 1 aliphatic heterocycles. The number of sulfonamides is 1. The number of methoxy groups -OCH3 is 1. The average Bonchev–Trinajstić information content (AvgIpc) is 3.10. The van der Waals surface area contributed by atoms with Gasteiger partial charge in [-0.25, -0.2) is 8.42 Å². The van der Waals surface area contributed by atoms with Crippen LogP contribution in [0.25, 0.3) is 0 Å². The lowest BCUT2D eigenvalue weighted by atomic mass is 10.1. The maximum absolute atomic E-state index is 12.9. The summed E-state index contributed by atoms with van der Waals surface area (Å²) >= 11 is 0. The molecule has 0 unspecified atom stereocenters. The molecule has 2 aliphatic rings. The minimum atomic E-state index is -3.46. The van der Waals surface area contributed by atoms with Gasteiger partial charge in [-0.15, -0.1) is 0 Å². The van der Waals surface area contributed by atoms with Crippen LogP contribution in [0, 0.1) is 0 Å². The van der Waals surface area contributed by atoms with Crippen LogP contribution >= 0.6 is 0 Å². The number of piperazine rings is 1. The molecule has 144 valence electrons. The van der Waals surface area contributed by atoms with Crippen LogP contribution in [0.2, 0.25) is 0 Å². The molecule has 1 fully saturated rings. The zero-order valence-electron chi connectivity index (χ0n) is 15.2. The Morgan fingerprint density at radius 1 is 1.15 bits per heavy atom. The Morgan fingerprint density at radius 3 is 2.62 bits per heavy atom. The number of hydrogen-bond donors (Lipinski definition) is 1. The van der Waals surface area contributed by atoms with Gasteiger partial charge in [0.1, 0.15) is 0 Å². The first-order chi connectivity index (χ1) is 12.5. The fourth-order valence-electron chi connectivity index (χ4n) is 3.54. The maximum Gasteiger partial charge on any atom is 0.243 e. The minimum Gasteiger partial charge on any atom is -0.383 e. The van der Waals surface area contributed by atoms with Gasteiger partial charge in [0, 0.05) is 39.8 Å². The second-order valence-electron chi connectivity index (χ2n) is 6.81. The first-order valence-electron chi connectivity index (χ1n) is 9.10. The third-order valence-electron chi connectivity index (χ3n) is 5.03. The van der Waals surface area contributed by atoms with Crippen LogP contribution in [0.3, 0.4) is 0 Å². The molecule has 0 atom stereocenters. The fourth-order valence-corrected chi connectivity index (χ4v) is 5.01. The van der Waals surface area contributed by atoms with E-state index < -0.39 is 10.0 Å². The number of ether oxygens (including phenoxy) is 1. The predicted molar refractivity (Wildman–Crippen MR) is 98.6 cm³/mol. The van der Waals surface area contributed by atoms with Crippen LogP contribution in [-0.2, 0) is 32.4 Å². The van der Waals surface area contributed by atoms with Crippen molar-refractivity contribution < 1.29 is 17.9 Å². The minimum absolute atomic E-state index is 0.0584. The SMILES string of the molecule is COCCNC(=O)CN1CCN(S(=O)(=O)c2ccc3c(c2)CCC3)CC1. The van der Waals surface area contributed by atoms with E-state index in [1.54, 1.807) is 13.2 Å². The molecular formula is C18H27N3O4S. The summed E-state index contributed by atoms with van der Waals surface area (Å²) in [4.78, 5) is 14.2. The van der Waals surface area contributed by atoms with Gasteiger partial charge in [0.15, 0.2) is 0 Å². The number of carbonyl (C=O) groups excluding carboxylic acids is 1. The number of benzene rings is 1. The van der Waals surface area contributed by atoms with Crippen LogP contribution in [0.5, 0.6) is 0 Å². The lowest BCUT2D eigenvalue weighted by Crippen LogP contribution is -2.51. The van der Waals surface area contributed by atoms with Gasteiger partial charge in [0.2, 0.25) is 15.9 Å². The van der Waals surface area contributed by atoms with Gasteiger partial charge < -0.3 is 10.1 Å². The summed E-state index contributed by atoms with van der Waals surface area (Å²) in [5, 5.41) is 2.78. The molecule has 0 radical (unpaired) electrons. The predicted octanol–water partition coefficient (Wildman–Crippen LogP) is 0.244. The summed E-state index contributed by atoms with van der Waals surface area (Å²) in [6.07, 6.45) is 3.11. The summed E-state index contributed by atoms with van der Waals surface area (Å²) in [7, 11) is -1.87. The largest absolute Gasteiger partial charge is 0.383 e. The molecular weight excluding hydrogens is 354 g/mol. The summed E-state index contributed by atoms with van der Waals surface area (Å²) in [5.74, 6) is -0.0584. The van der Waals surface area contributed by atoms with Crippen LogP contribution in [0.4, 0.5) is 0 Å². The molecule has 1 N–H and O–H groups in total. The monoisotopic (exact) mass is 381 g/mol. The Morgan fingerprint density at radius 2 is 1.88 bits per heavy atom. The molecule has 0 aromatic heterocycles. The van der Waals surface area contributed by atoms with Crippen molar-refractivity contribution in [2.24, 2.45) is 0 Å². The van der Waals surface area contributed by atoms with E-state index in [-0.39, 0.29) is 12.5 Å². The summed E-state index contributed by atoms with van der Waals surface area (Å²) < 4.78 is 32.2. The molecule has 8 heteroatoms. The summed E-state index contributed by atoms with van der Waals surface area (Å²) in [5.41, 5.74) is 2.44. The van der Waals surface area contributed by atoms with Crippen molar-refractivity contribution in [3.63, 3.8) is 0 Å². The lowest BCUT2D eigenvalue weighted by Gasteiger charge is -2.33. The molecule has 1 aromatic carbocycles. The topological polar surface area (TPSA) is 79.0 Å². The summed E-state index contributed by atoms with van der Waals surface area (Å²) in [6, 6.07) is 5.53. The average molecular weight is 381 g/mol. The third kappa shape index (κ3) is 4.43. The Hall–Kier alpha value is -1.48. The lowest BCUT2D eigenvalue weighted by molar-refractivity contribution is -0.122. The van der Waals surface area contributed by atoms with E-state index in [0.29, 0.717) is 44.2 Å². The molecule has 26 heavy (non-hydrogen) atoms. The van der Waals surface area contributed by atoms with Crippen LogP contribution in [0.15, 0.2) is 23.1 Å².